The Labute approximate surface area is 102 Å². The molecule has 90 valence electrons. The Kier molecular flexibility index (Phi) is 2.39. The van der Waals surface area contributed by atoms with E-state index in [0.717, 1.165) is 5.75 Å². The highest BCUT2D eigenvalue weighted by molar-refractivity contribution is 5.87. The third-order valence-corrected chi connectivity index (χ3v) is 4.11. The fourth-order valence-electron chi connectivity index (χ4n) is 3.20. The average Bonchev–Trinajstić information content (AvgIpc) is 2.64. The van der Waals surface area contributed by atoms with Crippen molar-refractivity contribution in [3.8, 4) is 5.75 Å². The molecule has 1 heterocycles. The van der Waals surface area contributed by atoms with Crippen molar-refractivity contribution in [1.29, 1.82) is 0 Å². The highest BCUT2D eigenvalue weighted by Crippen LogP contribution is 2.39. The van der Waals surface area contributed by atoms with Gasteiger partial charge in [-0.15, -0.1) is 0 Å². The van der Waals surface area contributed by atoms with Crippen LogP contribution in [0.25, 0.3) is 10.9 Å². The predicted molar refractivity (Wildman–Crippen MR) is 70.8 cm³/mol. The van der Waals surface area contributed by atoms with Crippen LogP contribution in [-0.4, -0.2) is 11.7 Å². The molecule has 2 nitrogen and oxygen atoms in total. The van der Waals surface area contributed by atoms with Crippen LogP contribution < -0.4 is 4.74 Å². The molecule has 2 aromatic rings. The Bertz CT molecular complexity index is 568. The van der Waals surface area contributed by atoms with Gasteiger partial charge in [-0.05, 0) is 48.9 Å². The maximum Gasteiger partial charge on any atom is 0.119 e. The van der Waals surface area contributed by atoms with E-state index in [0.29, 0.717) is 5.92 Å². The van der Waals surface area contributed by atoms with Crippen molar-refractivity contribution in [3.05, 3.63) is 29.5 Å². The Morgan fingerprint density at radius 3 is 2.94 bits per heavy atom. The van der Waals surface area contributed by atoms with Crippen LogP contribution in [0.2, 0.25) is 0 Å². The SMILES string of the molecule is COc1ccc2c(c1)c1c(n2C)CCCC1C. The minimum absolute atomic E-state index is 0.676. The molecule has 0 bridgehead atoms. The molecule has 1 aliphatic carbocycles. The molecule has 2 heteroatoms. The number of rotatable bonds is 1. The van der Waals surface area contributed by atoms with Gasteiger partial charge in [0.1, 0.15) is 5.75 Å². The molecule has 0 amide bonds. The van der Waals surface area contributed by atoms with Crippen molar-refractivity contribution in [2.45, 2.75) is 32.1 Å². The van der Waals surface area contributed by atoms with Gasteiger partial charge in [0.2, 0.25) is 0 Å². The minimum Gasteiger partial charge on any atom is -0.497 e. The van der Waals surface area contributed by atoms with Gasteiger partial charge < -0.3 is 9.30 Å². The van der Waals surface area contributed by atoms with Crippen LogP contribution in [0.15, 0.2) is 18.2 Å². The topological polar surface area (TPSA) is 14.2 Å². The van der Waals surface area contributed by atoms with Crippen molar-refractivity contribution in [2.24, 2.45) is 7.05 Å². The van der Waals surface area contributed by atoms with E-state index in [1.54, 1.807) is 12.7 Å². The summed E-state index contributed by atoms with van der Waals surface area (Å²) in [7, 11) is 3.92. The molecule has 1 atom stereocenters. The highest BCUT2D eigenvalue weighted by atomic mass is 16.5. The minimum atomic E-state index is 0.676. The van der Waals surface area contributed by atoms with Crippen LogP contribution in [0.3, 0.4) is 0 Å². The van der Waals surface area contributed by atoms with Crippen molar-refractivity contribution in [3.63, 3.8) is 0 Å². The predicted octanol–water partition coefficient (Wildman–Crippen LogP) is 3.63. The molecular weight excluding hydrogens is 210 g/mol. The standard InChI is InChI=1S/C15H19NO/c1-10-5-4-6-14-15(10)12-9-11(17-3)7-8-13(12)16(14)2/h7-10H,4-6H2,1-3H3. The van der Waals surface area contributed by atoms with E-state index < -0.39 is 0 Å². The van der Waals surface area contributed by atoms with Crippen molar-refractivity contribution < 1.29 is 4.74 Å². The number of benzene rings is 1. The first-order chi connectivity index (χ1) is 8.22. The summed E-state index contributed by atoms with van der Waals surface area (Å²) in [6.45, 7) is 2.34. The van der Waals surface area contributed by atoms with Gasteiger partial charge in [0.25, 0.3) is 0 Å². The maximum atomic E-state index is 5.35. The van der Waals surface area contributed by atoms with E-state index >= 15 is 0 Å². The molecule has 0 fully saturated rings. The Morgan fingerprint density at radius 1 is 1.35 bits per heavy atom. The first kappa shape index (κ1) is 10.7. The number of hydrogen-bond donors (Lipinski definition) is 0. The molecule has 1 aromatic carbocycles. The summed E-state index contributed by atoms with van der Waals surface area (Å²) >= 11 is 0. The van der Waals surface area contributed by atoms with Gasteiger partial charge in [0.15, 0.2) is 0 Å². The van der Waals surface area contributed by atoms with Gasteiger partial charge >= 0.3 is 0 Å². The fraction of sp³-hybridized carbons (Fsp3) is 0.467. The highest BCUT2D eigenvalue weighted by Gasteiger charge is 2.23. The zero-order valence-corrected chi connectivity index (χ0v) is 10.8. The smallest absolute Gasteiger partial charge is 0.119 e. The van der Waals surface area contributed by atoms with Gasteiger partial charge in [0.05, 0.1) is 7.11 Å². The monoisotopic (exact) mass is 229 g/mol. The molecule has 1 aromatic heterocycles. The molecule has 17 heavy (non-hydrogen) atoms. The first-order valence-corrected chi connectivity index (χ1v) is 6.37. The quantitative estimate of drug-likeness (QED) is 0.728. The normalized spacial score (nSPS) is 19.4. The second-order valence-electron chi connectivity index (χ2n) is 5.10. The lowest BCUT2D eigenvalue weighted by Crippen LogP contribution is -2.08. The molecule has 0 saturated heterocycles. The third kappa shape index (κ3) is 1.47. The van der Waals surface area contributed by atoms with E-state index in [9.17, 15) is 0 Å². The van der Waals surface area contributed by atoms with Crippen molar-refractivity contribution in [2.75, 3.05) is 7.11 Å². The maximum absolute atomic E-state index is 5.35. The lowest BCUT2D eigenvalue weighted by atomic mass is 9.86. The lowest BCUT2D eigenvalue weighted by molar-refractivity contribution is 0.415. The number of aromatic nitrogens is 1. The van der Waals surface area contributed by atoms with Crippen LogP contribution in [0.4, 0.5) is 0 Å². The van der Waals surface area contributed by atoms with Crippen LogP contribution in [0.1, 0.15) is 36.9 Å². The van der Waals surface area contributed by atoms with Crippen LogP contribution in [0.5, 0.6) is 5.75 Å². The lowest BCUT2D eigenvalue weighted by Gasteiger charge is -2.20. The summed E-state index contributed by atoms with van der Waals surface area (Å²) in [6, 6.07) is 6.42. The molecule has 0 spiro atoms. The second kappa shape index (κ2) is 3.80. The van der Waals surface area contributed by atoms with Gasteiger partial charge in [-0.25, -0.2) is 0 Å². The van der Waals surface area contributed by atoms with E-state index in [1.807, 2.05) is 0 Å². The van der Waals surface area contributed by atoms with Crippen molar-refractivity contribution in [1.82, 2.24) is 4.57 Å². The molecule has 0 aliphatic heterocycles. The molecule has 0 N–H and O–H groups in total. The third-order valence-electron chi connectivity index (χ3n) is 4.11. The Hall–Kier alpha value is -1.44. The fourth-order valence-corrected chi connectivity index (χ4v) is 3.20. The van der Waals surface area contributed by atoms with E-state index in [1.165, 1.54) is 35.9 Å². The molecule has 0 radical (unpaired) electrons. The Balaban J connectivity index is 2.34. The summed E-state index contributed by atoms with van der Waals surface area (Å²) in [5.74, 6) is 1.64. The van der Waals surface area contributed by atoms with Gasteiger partial charge in [-0.2, -0.15) is 0 Å². The second-order valence-corrected chi connectivity index (χ2v) is 5.10. The zero-order valence-electron chi connectivity index (χ0n) is 10.8. The van der Waals surface area contributed by atoms with E-state index in [2.05, 4.69) is 36.7 Å². The molecule has 0 saturated carbocycles. The van der Waals surface area contributed by atoms with Gasteiger partial charge in [0, 0.05) is 23.6 Å². The number of ether oxygens (including phenoxy) is 1. The summed E-state index contributed by atoms with van der Waals surface area (Å²) in [5, 5.41) is 1.38. The summed E-state index contributed by atoms with van der Waals surface area (Å²) in [5.41, 5.74) is 4.41. The molecule has 1 aliphatic rings. The molecular formula is C15H19NO. The summed E-state index contributed by atoms with van der Waals surface area (Å²) in [4.78, 5) is 0. The number of methoxy groups -OCH3 is 1. The number of aryl methyl sites for hydroxylation is 1. The van der Waals surface area contributed by atoms with Gasteiger partial charge in [-0.1, -0.05) is 6.92 Å². The first-order valence-electron chi connectivity index (χ1n) is 6.37. The Morgan fingerprint density at radius 2 is 2.18 bits per heavy atom. The number of hydrogen-bond acceptors (Lipinski definition) is 1. The largest absolute Gasteiger partial charge is 0.497 e. The summed E-state index contributed by atoms with van der Waals surface area (Å²) < 4.78 is 7.71. The van der Waals surface area contributed by atoms with Crippen molar-refractivity contribution >= 4 is 10.9 Å². The zero-order chi connectivity index (χ0) is 12.0. The molecule has 1 unspecified atom stereocenters. The van der Waals surface area contributed by atoms with Gasteiger partial charge in [-0.3, -0.25) is 0 Å². The van der Waals surface area contributed by atoms with Crippen LogP contribution in [-0.2, 0) is 13.5 Å². The number of fused-ring (bicyclic) bond motifs is 3. The van der Waals surface area contributed by atoms with E-state index in [4.69, 9.17) is 4.74 Å². The molecule has 3 rings (SSSR count). The summed E-state index contributed by atoms with van der Waals surface area (Å²) in [6.07, 6.45) is 3.84. The van der Waals surface area contributed by atoms with Crippen LogP contribution >= 0.6 is 0 Å². The average molecular weight is 229 g/mol. The van der Waals surface area contributed by atoms with Crippen LogP contribution in [0, 0.1) is 0 Å². The number of nitrogens with zero attached hydrogens (tertiary/aromatic N) is 1. The van der Waals surface area contributed by atoms with E-state index in [-0.39, 0.29) is 0 Å².